The van der Waals surface area contributed by atoms with Crippen molar-refractivity contribution in [3.8, 4) is 22.6 Å². The van der Waals surface area contributed by atoms with E-state index in [0.29, 0.717) is 5.78 Å². The van der Waals surface area contributed by atoms with Crippen LogP contribution in [0.15, 0.2) is 49.1 Å². The highest BCUT2D eigenvalue weighted by Crippen LogP contribution is 2.29. The second-order valence-electron chi connectivity index (χ2n) is 5.09. The summed E-state index contributed by atoms with van der Waals surface area (Å²) in [4.78, 5) is 4.37. The van der Waals surface area contributed by atoms with Crippen molar-refractivity contribution < 1.29 is 4.74 Å². The van der Waals surface area contributed by atoms with E-state index in [1.165, 1.54) is 0 Å². The van der Waals surface area contributed by atoms with Gasteiger partial charge in [-0.15, -0.1) is 10.2 Å². The van der Waals surface area contributed by atoms with Crippen LogP contribution in [0.2, 0.25) is 0 Å². The maximum absolute atomic E-state index is 5.34. The van der Waals surface area contributed by atoms with Gasteiger partial charge in [0.15, 0.2) is 0 Å². The molecule has 1 aromatic carbocycles. The SMILES string of the molecule is COc1ccc(-c2cnc3nnc(C)n3c2)c(-n2cccn2)c1. The van der Waals surface area contributed by atoms with Crippen LogP contribution in [0.5, 0.6) is 5.75 Å². The molecule has 0 spiro atoms. The summed E-state index contributed by atoms with van der Waals surface area (Å²) in [5.41, 5.74) is 2.87. The fourth-order valence-corrected chi connectivity index (χ4v) is 2.52. The lowest BCUT2D eigenvalue weighted by molar-refractivity contribution is 0.414. The zero-order valence-electron chi connectivity index (χ0n) is 12.7. The normalized spacial score (nSPS) is 11.0. The van der Waals surface area contributed by atoms with Gasteiger partial charge in [-0.2, -0.15) is 5.10 Å². The fraction of sp³-hybridized carbons (Fsp3) is 0.125. The van der Waals surface area contributed by atoms with Gasteiger partial charge in [-0.05, 0) is 25.1 Å². The summed E-state index contributed by atoms with van der Waals surface area (Å²) in [7, 11) is 1.65. The molecule has 4 aromatic rings. The molecule has 0 bridgehead atoms. The lowest BCUT2D eigenvalue weighted by Crippen LogP contribution is -2.00. The van der Waals surface area contributed by atoms with Gasteiger partial charge >= 0.3 is 0 Å². The highest BCUT2D eigenvalue weighted by molar-refractivity contribution is 5.73. The lowest BCUT2D eigenvalue weighted by Gasteiger charge is -2.12. The Kier molecular flexibility index (Phi) is 3.04. The molecule has 7 heteroatoms. The molecule has 0 saturated carbocycles. The first kappa shape index (κ1) is 13.4. The van der Waals surface area contributed by atoms with Gasteiger partial charge in [0.05, 0.1) is 12.8 Å². The van der Waals surface area contributed by atoms with Crippen LogP contribution in [-0.2, 0) is 0 Å². The zero-order valence-corrected chi connectivity index (χ0v) is 12.7. The molecule has 0 N–H and O–H groups in total. The Labute approximate surface area is 132 Å². The second-order valence-corrected chi connectivity index (χ2v) is 5.09. The van der Waals surface area contributed by atoms with Crippen molar-refractivity contribution in [2.75, 3.05) is 7.11 Å². The molecule has 0 aliphatic carbocycles. The number of rotatable bonds is 3. The average Bonchev–Trinajstić information content (AvgIpc) is 3.24. The van der Waals surface area contributed by atoms with Gasteiger partial charge in [-0.3, -0.25) is 4.40 Å². The molecular formula is C16H14N6O. The minimum atomic E-state index is 0.584. The third-order valence-electron chi connectivity index (χ3n) is 3.70. The van der Waals surface area contributed by atoms with E-state index in [9.17, 15) is 0 Å². The first-order valence-corrected chi connectivity index (χ1v) is 7.12. The van der Waals surface area contributed by atoms with Gasteiger partial charge in [0, 0.05) is 42.0 Å². The molecule has 0 aliphatic rings. The maximum Gasteiger partial charge on any atom is 0.254 e. The van der Waals surface area contributed by atoms with Crippen molar-refractivity contribution in [3.05, 3.63) is 54.9 Å². The summed E-state index contributed by atoms with van der Waals surface area (Å²) in [6.45, 7) is 1.90. The summed E-state index contributed by atoms with van der Waals surface area (Å²) in [6.07, 6.45) is 7.41. The monoisotopic (exact) mass is 306 g/mol. The Morgan fingerprint density at radius 3 is 2.87 bits per heavy atom. The van der Waals surface area contributed by atoms with E-state index >= 15 is 0 Å². The van der Waals surface area contributed by atoms with Crippen LogP contribution in [0.1, 0.15) is 5.82 Å². The summed E-state index contributed by atoms with van der Waals surface area (Å²) in [5.74, 6) is 2.15. The summed E-state index contributed by atoms with van der Waals surface area (Å²) < 4.78 is 9.01. The van der Waals surface area contributed by atoms with Gasteiger partial charge in [0.2, 0.25) is 0 Å². The third kappa shape index (κ3) is 2.22. The summed E-state index contributed by atoms with van der Waals surface area (Å²) >= 11 is 0. The molecule has 4 rings (SSSR count). The number of benzene rings is 1. The standard InChI is InChI=1S/C16H14N6O/c1-11-19-20-16-17-9-12(10-21(11)16)14-5-4-13(23-2)8-15(14)22-7-3-6-18-22/h3-10H,1-2H3. The van der Waals surface area contributed by atoms with Crippen LogP contribution in [0.25, 0.3) is 22.6 Å². The number of fused-ring (bicyclic) bond motifs is 1. The predicted molar refractivity (Wildman–Crippen MR) is 84.6 cm³/mol. The molecule has 3 aromatic heterocycles. The fourth-order valence-electron chi connectivity index (χ4n) is 2.52. The Hall–Kier alpha value is -3.22. The number of nitrogens with zero attached hydrogens (tertiary/aromatic N) is 6. The molecule has 0 saturated heterocycles. The topological polar surface area (TPSA) is 70.1 Å². The van der Waals surface area contributed by atoms with Crippen molar-refractivity contribution in [3.63, 3.8) is 0 Å². The predicted octanol–water partition coefficient (Wildman–Crippen LogP) is 2.29. The van der Waals surface area contributed by atoms with Gasteiger partial charge in [0.1, 0.15) is 11.6 Å². The Balaban J connectivity index is 1.94. The number of hydrogen-bond acceptors (Lipinski definition) is 5. The Morgan fingerprint density at radius 2 is 2.09 bits per heavy atom. The van der Waals surface area contributed by atoms with E-state index in [2.05, 4.69) is 20.3 Å². The van der Waals surface area contributed by atoms with Crippen molar-refractivity contribution in [1.29, 1.82) is 0 Å². The van der Waals surface area contributed by atoms with Crippen LogP contribution in [0, 0.1) is 6.92 Å². The smallest absolute Gasteiger partial charge is 0.254 e. The molecule has 3 heterocycles. The Bertz CT molecular complexity index is 974. The van der Waals surface area contributed by atoms with Gasteiger partial charge in [-0.1, -0.05) is 0 Å². The Morgan fingerprint density at radius 1 is 1.17 bits per heavy atom. The molecule has 0 fully saturated rings. The molecule has 0 radical (unpaired) electrons. The van der Waals surface area contributed by atoms with E-state index in [0.717, 1.165) is 28.4 Å². The average molecular weight is 306 g/mol. The highest BCUT2D eigenvalue weighted by Gasteiger charge is 2.12. The van der Waals surface area contributed by atoms with E-state index in [-0.39, 0.29) is 0 Å². The first-order chi connectivity index (χ1) is 11.3. The number of aryl methyl sites for hydroxylation is 1. The summed E-state index contributed by atoms with van der Waals surface area (Å²) in [6, 6.07) is 7.75. The highest BCUT2D eigenvalue weighted by atomic mass is 16.5. The number of aromatic nitrogens is 6. The van der Waals surface area contributed by atoms with Crippen LogP contribution in [0.4, 0.5) is 0 Å². The minimum absolute atomic E-state index is 0.584. The maximum atomic E-state index is 5.34. The van der Waals surface area contributed by atoms with Gasteiger partial charge < -0.3 is 4.74 Å². The van der Waals surface area contributed by atoms with Gasteiger partial charge in [0.25, 0.3) is 5.78 Å². The van der Waals surface area contributed by atoms with Crippen molar-refractivity contribution in [2.24, 2.45) is 0 Å². The molecule has 114 valence electrons. The molecule has 0 aliphatic heterocycles. The van der Waals surface area contributed by atoms with Crippen molar-refractivity contribution in [1.82, 2.24) is 29.4 Å². The summed E-state index contributed by atoms with van der Waals surface area (Å²) in [5, 5.41) is 12.4. The van der Waals surface area contributed by atoms with E-state index in [4.69, 9.17) is 4.74 Å². The van der Waals surface area contributed by atoms with E-state index in [1.54, 1.807) is 24.2 Å². The molecule has 7 nitrogen and oxygen atoms in total. The van der Waals surface area contributed by atoms with Crippen LogP contribution in [-0.4, -0.2) is 36.5 Å². The van der Waals surface area contributed by atoms with Crippen molar-refractivity contribution >= 4 is 5.78 Å². The van der Waals surface area contributed by atoms with Crippen molar-refractivity contribution in [2.45, 2.75) is 6.92 Å². The van der Waals surface area contributed by atoms with Crippen LogP contribution < -0.4 is 4.74 Å². The van der Waals surface area contributed by atoms with Gasteiger partial charge in [-0.25, -0.2) is 9.67 Å². The lowest BCUT2D eigenvalue weighted by atomic mass is 10.1. The van der Waals surface area contributed by atoms with Crippen LogP contribution in [0.3, 0.4) is 0 Å². The largest absolute Gasteiger partial charge is 0.497 e. The quantitative estimate of drug-likeness (QED) is 0.581. The molecular weight excluding hydrogens is 292 g/mol. The second kappa shape index (κ2) is 5.20. The minimum Gasteiger partial charge on any atom is -0.497 e. The zero-order chi connectivity index (χ0) is 15.8. The molecule has 0 unspecified atom stereocenters. The number of hydrogen-bond donors (Lipinski definition) is 0. The molecule has 0 amide bonds. The first-order valence-electron chi connectivity index (χ1n) is 7.12. The van der Waals surface area contributed by atoms with E-state index in [1.807, 2.05) is 48.0 Å². The number of methoxy groups -OCH3 is 1. The molecule has 23 heavy (non-hydrogen) atoms. The number of ether oxygens (including phenoxy) is 1. The van der Waals surface area contributed by atoms with E-state index < -0.39 is 0 Å². The molecule has 0 atom stereocenters. The van der Waals surface area contributed by atoms with Crippen LogP contribution >= 0.6 is 0 Å². The third-order valence-corrected chi connectivity index (χ3v) is 3.70.